The quantitative estimate of drug-likeness (QED) is 0.228. The Labute approximate surface area is 215 Å². The van der Waals surface area contributed by atoms with E-state index in [2.05, 4.69) is 43.1 Å². The van der Waals surface area contributed by atoms with Crippen molar-refractivity contribution in [2.75, 3.05) is 43.7 Å². The Kier molecular flexibility index (Phi) is 8.35. The van der Waals surface area contributed by atoms with Crippen molar-refractivity contribution in [3.05, 3.63) is 68.1 Å². The molecular formula is C23H22ClFIN5O3. The number of hydrogen-bond donors (Lipinski definition) is 1. The number of morpholine rings is 1. The van der Waals surface area contributed by atoms with E-state index in [0.29, 0.717) is 49.4 Å². The number of ether oxygens (including phenoxy) is 3. The summed E-state index contributed by atoms with van der Waals surface area (Å²) in [4.78, 5) is 10.0. The third kappa shape index (κ3) is 6.05. The maximum absolute atomic E-state index is 14.2. The first-order valence-corrected chi connectivity index (χ1v) is 11.9. The van der Waals surface area contributed by atoms with E-state index in [0.717, 1.165) is 20.9 Å². The second kappa shape index (κ2) is 11.6. The summed E-state index contributed by atoms with van der Waals surface area (Å²) in [5, 5.41) is 4.84. The van der Waals surface area contributed by atoms with Crippen molar-refractivity contribution < 1.29 is 18.6 Å². The average Bonchev–Trinajstić information content (AvgIpc) is 2.85. The molecule has 2 aromatic carbocycles. The standard InChI is InChI=1S/C23H22ClFIN5O3/c1-32-20-11-15(10-19(26)21(20)34-14-16-4-2-3-5-17(16)24)12-28-30-23-27-13-18(25)22(29-23)31-6-8-33-9-7-31/h2-5,10-13H,6-9,14H2,1H3,(H,27,29,30)/b28-12-. The molecular weight excluding hydrogens is 576 g/mol. The number of aromatic nitrogens is 2. The van der Waals surface area contributed by atoms with Gasteiger partial charge in [-0.1, -0.05) is 29.8 Å². The molecule has 1 N–H and O–H groups in total. The maximum atomic E-state index is 14.2. The second-order valence-corrected chi connectivity index (χ2v) is 8.82. The van der Waals surface area contributed by atoms with E-state index in [1.54, 1.807) is 19.4 Å². The van der Waals surface area contributed by atoms with Crippen LogP contribution in [-0.4, -0.2) is 49.6 Å². The molecule has 4 rings (SSSR count). The summed E-state index contributed by atoms with van der Waals surface area (Å²) < 4.78 is 31.9. The highest BCUT2D eigenvalue weighted by molar-refractivity contribution is 14.1. The molecule has 1 fully saturated rings. The van der Waals surface area contributed by atoms with E-state index in [9.17, 15) is 4.39 Å². The summed E-state index contributed by atoms with van der Waals surface area (Å²) in [6.45, 7) is 2.51. The molecule has 0 aliphatic carbocycles. The molecule has 0 unspecified atom stereocenters. The molecule has 0 amide bonds. The van der Waals surface area contributed by atoms with Gasteiger partial charge in [-0.2, -0.15) is 10.1 Å². The molecule has 3 aromatic rings. The number of halogens is 3. The van der Waals surface area contributed by atoms with Gasteiger partial charge in [-0.15, -0.1) is 0 Å². The first-order valence-electron chi connectivity index (χ1n) is 10.4. The van der Waals surface area contributed by atoms with Gasteiger partial charge in [-0.3, -0.25) is 0 Å². The van der Waals surface area contributed by atoms with Gasteiger partial charge < -0.3 is 19.1 Å². The molecule has 2 heterocycles. The van der Waals surface area contributed by atoms with Gasteiger partial charge in [-0.25, -0.2) is 14.8 Å². The lowest BCUT2D eigenvalue weighted by Gasteiger charge is -2.27. The van der Waals surface area contributed by atoms with Crippen molar-refractivity contribution >= 4 is 52.2 Å². The lowest BCUT2D eigenvalue weighted by Crippen LogP contribution is -2.37. The van der Waals surface area contributed by atoms with Gasteiger partial charge in [0.1, 0.15) is 6.61 Å². The zero-order valence-electron chi connectivity index (χ0n) is 18.3. The van der Waals surface area contributed by atoms with Crippen LogP contribution in [0.15, 0.2) is 47.7 Å². The number of methoxy groups -OCH3 is 1. The number of hydrogen-bond acceptors (Lipinski definition) is 8. The van der Waals surface area contributed by atoms with Gasteiger partial charge in [-0.05, 0) is 46.4 Å². The van der Waals surface area contributed by atoms with Gasteiger partial charge in [0.25, 0.3) is 0 Å². The smallest absolute Gasteiger partial charge is 0.245 e. The maximum Gasteiger partial charge on any atom is 0.245 e. The van der Waals surface area contributed by atoms with Crippen LogP contribution in [0.1, 0.15) is 11.1 Å². The van der Waals surface area contributed by atoms with E-state index in [-0.39, 0.29) is 11.8 Å². The van der Waals surface area contributed by atoms with Gasteiger partial charge >= 0.3 is 0 Å². The van der Waals surface area contributed by atoms with Crippen LogP contribution in [-0.2, 0) is 11.3 Å². The fraction of sp³-hybridized carbons (Fsp3) is 0.261. The Bertz CT molecular complexity index is 1180. The average molecular weight is 598 g/mol. The van der Waals surface area contributed by atoms with E-state index in [4.69, 9.17) is 25.8 Å². The van der Waals surface area contributed by atoms with Crippen molar-refractivity contribution in [1.82, 2.24) is 9.97 Å². The van der Waals surface area contributed by atoms with Crippen molar-refractivity contribution in [3.8, 4) is 11.5 Å². The minimum Gasteiger partial charge on any atom is -0.493 e. The predicted octanol–water partition coefficient (Wildman–Crippen LogP) is 4.74. The highest BCUT2D eigenvalue weighted by Crippen LogP contribution is 2.34. The monoisotopic (exact) mass is 597 g/mol. The summed E-state index contributed by atoms with van der Waals surface area (Å²) in [6, 6.07) is 11.2. The Balaban J connectivity index is 1.45. The molecule has 1 aromatic heterocycles. The number of nitrogens with one attached hydrogen (secondary N) is 1. The normalized spacial score (nSPS) is 13.8. The van der Waals surface area contributed by atoms with Crippen LogP contribution in [0.4, 0.5) is 16.2 Å². The van der Waals surface area contributed by atoms with Crippen LogP contribution in [0.25, 0.3) is 0 Å². The van der Waals surface area contributed by atoms with Crippen LogP contribution < -0.4 is 19.8 Å². The zero-order chi connectivity index (χ0) is 23.9. The molecule has 1 saturated heterocycles. The number of anilines is 2. The van der Waals surface area contributed by atoms with Gasteiger partial charge in [0.2, 0.25) is 5.95 Å². The summed E-state index contributed by atoms with van der Waals surface area (Å²) >= 11 is 8.40. The van der Waals surface area contributed by atoms with Gasteiger partial charge in [0.05, 0.1) is 36.3 Å². The minimum atomic E-state index is -0.483. The van der Waals surface area contributed by atoms with Crippen LogP contribution >= 0.6 is 34.2 Å². The minimum absolute atomic E-state index is 0.195. The number of rotatable bonds is 8. The van der Waals surface area contributed by atoms with Crippen LogP contribution in [0, 0.1) is 9.39 Å². The van der Waals surface area contributed by atoms with Crippen molar-refractivity contribution in [2.24, 2.45) is 5.10 Å². The summed E-state index contributed by atoms with van der Waals surface area (Å²) in [5.41, 5.74) is 4.41. The molecule has 8 nitrogen and oxygen atoms in total. The predicted molar refractivity (Wildman–Crippen MR) is 138 cm³/mol. The topological polar surface area (TPSA) is 81.1 Å². The molecule has 178 valence electrons. The number of hydrazone groups is 1. The lowest BCUT2D eigenvalue weighted by atomic mass is 10.2. The van der Waals surface area contributed by atoms with Gasteiger partial charge in [0.15, 0.2) is 23.1 Å². The van der Waals surface area contributed by atoms with Crippen LogP contribution in [0.5, 0.6) is 11.5 Å². The molecule has 0 bridgehead atoms. The largest absolute Gasteiger partial charge is 0.493 e. The van der Waals surface area contributed by atoms with Crippen LogP contribution in [0.2, 0.25) is 5.02 Å². The first kappa shape index (κ1) is 24.4. The fourth-order valence-electron chi connectivity index (χ4n) is 3.29. The van der Waals surface area contributed by atoms with E-state index < -0.39 is 5.82 Å². The van der Waals surface area contributed by atoms with Crippen molar-refractivity contribution in [1.29, 1.82) is 0 Å². The second-order valence-electron chi connectivity index (χ2n) is 7.25. The molecule has 0 atom stereocenters. The Morgan fingerprint density at radius 1 is 1.29 bits per heavy atom. The fourth-order valence-corrected chi connectivity index (χ4v) is 4.26. The third-order valence-corrected chi connectivity index (χ3v) is 6.17. The summed E-state index contributed by atoms with van der Waals surface area (Å²) in [5.74, 6) is 1.12. The van der Waals surface area contributed by atoms with Crippen molar-refractivity contribution in [2.45, 2.75) is 6.61 Å². The Morgan fingerprint density at radius 3 is 2.85 bits per heavy atom. The number of nitrogens with zero attached hydrogens (tertiary/aromatic N) is 4. The third-order valence-electron chi connectivity index (χ3n) is 5.00. The zero-order valence-corrected chi connectivity index (χ0v) is 21.2. The SMILES string of the molecule is COc1cc(/C=N\Nc2ncc(F)c(N3CCOCC3)n2)cc(I)c1OCc1ccccc1Cl. The van der Waals surface area contributed by atoms with E-state index in [1.165, 1.54) is 0 Å². The molecule has 0 saturated carbocycles. The van der Waals surface area contributed by atoms with E-state index >= 15 is 0 Å². The van der Waals surface area contributed by atoms with Crippen molar-refractivity contribution in [3.63, 3.8) is 0 Å². The first-order chi connectivity index (χ1) is 16.5. The molecule has 11 heteroatoms. The highest BCUT2D eigenvalue weighted by Gasteiger charge is 2.18. The van der Waals surface area contributed by atoms with Gasteiger partial charge in [0, 0.05) is 23.7 Å². The molecule has 1 aliphatic rings. The molecule has 1 aliphatic heterocycles. The Hall–Kier alpha value is -2.70. The Morgan fingerprint density at radius 2 is 2.09 bits per heavy atom. The summed E-state index contributed by atoms with van der Waals surface area (Å²) in [6.07, 6.45) is 2.73. The molecule has 34 heavy (non-hydrogen) atoms. The highest BCUT2D eigenvalue weighted by atomic mass is 127. The van der Waals surface area contributed by atoms with Crippen LogP contribution in [0.3, 0.4) is 0 Å². The molecule has 0 spiro atoms. The molecule has 0 radical (unpaired) electrons. The van der Waals surface area contributed by atoms with E-state index in [1.807, 2.05) is 35.2 Å². The number of benzene rings is 2. The lowest BCUT2D eigenvalue weighted by molar-refractivity contribution is 0.122. The summed E-state index contributed by atoms with van der Waals surface area (Å²) in [7, 11) is 1.58.